The first-order valence-corrected chi connectivity index (χ1v) is 6.49. The van der Waals surface area contributed by atoms with Gasteiger partial charge in [-0.3, -0.25) is 0 Å². The van der Waals surface area contributed by atoms with Gasteiger partial charge in [0, 0.05) is 5.92 Å². The van der Waals surface area contributed by atoms with E-state index in [4.69, 9.17) is 9.47 Å². The minimum absolute atomic E-state index is 0.0634. The molecule has 2 atom stereocenters. The van der Waals surface area contributed by atoms with Crippen LogP contribution >= 0.6 is 0 Å². The average molecular weight is 226 g/mol. The summed E-state index contributed by atoms with van der Waals surface area (Å²) in [6, 6.07) is 0. The van der Waals surface area contributed by atoms with E-state index < -0.39 is 0 Å². The predicted octanol–water partition coefficient (Wildman–Crippen LogP) is 3.60. The van der Waals surface area contributed by atoms with Crippen LogP contribution in [0.15, 0.2) is 0 Å². The second-order valence-corrected chi connectivity index (χ2v) is 7.58. The van der Waals surface area contributed by atoms with E-state index in [0.717, 1.165) is 0 Å². The van der Waals surface area contributed by atoms with Crippen LogP contribution in [0.25, 0.3) is 0 Å². The molecule has 0 amide bonds. The Bertz CT molecular complexity index is 219. The first-order valence-electron chi connectivity index (χ1n) is 6.49. The third kappa shape index (κ3) is 2.28. The summed E-state index contributed by atoms with van der Waals surface area (Å²) < 4.78 is 12.1. The molecule has 0 spiro atoms. The van der Waals surface area contributed by atoms with Crippen molar-refractivity contribution in [3.8, 4) is 0 Å². The Labute approximate surface area is 99.7 Å². The molecule has 2 fully saturated rings. The van der Waals surface area contributed by atoms with Crippen LogP contribution in [0.4, 0.5) is 0 Å². The maximum Gasteiger partial charge on any atom is 0.161 e. The predicted molar refractivity (Wildman–Crippen MR) is 65.2 cm³/mol. The zero-order chi connectivity index (χ0) is 12.1. The summed E-state index contributed by atoms with van der Waals surface area (Å²) in [4.78, 5) is 0. The normalized spacial score (nSPS) is 40.1. The molecule has 2 heterocycles. The molecular weight excluding hydrogens is 200 g/mol. The molecule has 0 aliphatic carbocycles. The van der Waals surface area contributed by atoms with Gasteiger partial charge in [-0.15, -0.1) is 0 Å². The molecule has 0 saturated carbocycles. The summed E-state index contributed by atoms with van der Waals surface area (Å²) in [7, 11) is 0. The van der Waals surface area contributed by atoms with Crippen LogP contribution in [0.5, 0.6) is 0 Å². The lowest BCUT2D eigenvalue weighted by Crippen LogP contribution is -2.31. The third-order valence-corrected chi connectivity index (χ3v) is 3.95. The van der Waals surface area contributed by atoms with Crippen molar-refractivity contribution in [2.24, 2.45) is 16.7 Å². The molecule has 0 N–H and O–H groups in total. The van der Waals surface area contributed by atoms with Crippen LogP contribution < -0.4 is 0 Å². The average Bonchev–Trinajstić information content (AvgIpc) is 2.53. The van der Waals surface area contributed by atoms with E-state index in [1.165, 1.54) is 12.8 Å². The Morgan fingerprint density at radius 1 is 0.750 bits per heavy atom. The smallest absolute Gasteiger partial charge is 0.161 e. The maximum absolute atomic E-state index is 6.05. The molecule has 0 bridgehead atoms. The molecule has 16 heavy (non-hydrogen) atoms. The molecule has 2 aliphatic rings. The highest BCUT2D eigenvalue weighted by Crippen LogP contribution is 2.46. The Kier molecular flexibility index (Phi) is 2.87. The second kappa shape index (κ2) is 3.71. The van der Waals surface area contributed by atoms with Gasteiger partial charge >= 0.3 is 0 Å². The highest BCUT2D eigenvalue weighted by Gasteiger charge is 2.49. The summed E-state index contributed by atoms with van der Waals surface area (Å²) in [6.07, 6.45) is 3.13. The van der Waals surface area contributed by atoms with Gasteiger partial charge in [0.1, 0.15) is 0 Å². The lowest BCUT2D eigenvalue weighted by Gasteiger charge is -2.30. The first-order chi connectivity index (χ1) is 7.18. The van der Waals surface area contributed by atoms with Crippen molar-refractivity contribution in [3.05, 3.63) is 0 Å². The van der Waals surface area contributed by atoms with Crippen LogP contribution in [0.2, 0.25) is 0 Å². The van der Waals surface area contributed by atoms with E-state index in [1.807, 2.05) is 0 Å². The maximum atomic E-state index is 6.05. The molecule has 0 radical (unpaired) electrons. The summed E-state index contributed by atoms with van der Waals surface area (Å²) in [5.41, 5.74) is 0.482. The van der Waals surface area contributed by atoms with Gasteiger partial charge in [0.2, 0.25) is 0 Å². The van der Waals surface area contributed by atoms with Crippen molar-refractivity contribution in [2.45, 2.75) is 72.9 Å². The van der Waals surface area contributed by atoms with Crippen LogP contribution in [0.1, 0.15) is 54.4 Å². The fourth-order valence-corrected chi connectivity index (χ4v) is 2.67. The third-order valence-electron chi connectivity index (χ3n) is 3.95. The lowest BCUT2D eigenvalue weighted by atomic mass is 9.81. The fraction of sp³-hybridized carbons (Fsp3) is 1.00. The van der Waals surface area contributed by atoms with Crippen molar-refractivity contribution in [2.75, 3.05) is 0 Å². The molecule has 0 aromatic carbocycles. The molecule has 2 unspecified atom stereocenters. The van der Waals surface area contributed by atoms with Crippen molar-refractivity contribution in [1.82, 2.24) is 0 Å². The molecule has 2 saturated heterocycles. The van der Waals surface area contributed by atoms with Crippen molar-refractivity contribution >= 4 is 0 Å². The SMILES string of the molecule is CC(C)(C)C1CC2CC(C(C)(C)C)OC2O1. The largest absolute Gasteiger partial charge is 0.349 e. The minimum Gasteiger partial charge on any atom is -0.349 e. The molecule has 0 aromatic rings. The highest BCUT2D eigenvalue weighted by atomic mass is 16.7. The van der Waals surface area contributed by atoms with Crippen LogP contribution in [0.3, 0.4) is 0 Å². The van der Waals surface area contributed by atoms with E-state index in [-0.39, 0.29) is 17.1 Å². The summed E-state index contributed by atoms with van der Waals surface area (Å²) >= 11 is 0. The number of hydrogen-bond acceptors (Lipinski definition) is 2. The Balaban J connectivity index is 1.96. The number of fused-ring (bicyclic) bond motifs is 1. The zero-order valence-electron chi connectivity index (χ0n) is 11.5. The Morgan fingerprint density at radius 2 is 1.12 bits per heavy atom. The molecule has 0 aromatic heterocycles. The Hall–Kier alpha value is -0.0800. The molecule has 2 aliphatic heterocycles. The number of rotatable bonds is 0. The molecule has 2 rings (SSSR count). The van der Waals surface area contributed by atoms with E-state index in [0.29, 0.717) is 18.1 Å². The Morgan fingerprint density at radius 3 is 1.38 bits per heavy atom. The molecule has 2 heteroatoms. The zero-order valence-corrected chi connectivity index (χ0v) is 11.5. The lowest BCUT2D eigenvalue weighted by molar-refractivity contribution is -0.172. The second-order valence-electron chi connectivity index (χ2n) is 7.58. The summed E-state index contributed by atoms with van der Waals surface area (Å²) in [5, 5.41) is 0. The van der Waals surface area contributed by atoms with Crippen molar-refractivity contribution in [3.63, 3.8) is 0 Å². The molecular formula is C14H26O2. The number of hydrogen-bond donors (Lipinski definition) is 0. The van der Waals surface area contributed by atoms with Gasteiger partial charge in [0.05, 0.1) is 12.2 Å². The minimum atomic E-state index is 0.0634. The van der Waals surface area contributed by atoms with Crippen molar-refractivity contribution in [1.29, 1.82) is 0 Å². The van der Waals surface area contributed by atoms with E-state index in [2.05, 4.69) is 41.5 Å². The van der Waals surface area contributed by atoms with Gasteiger partial charge in [0.25, 0.3) is 0 Å². The molecule has 94 valence electrons. The first kappa shape index (κ1) is 12.4. The molecule has 2 nitrogen and oxygen atoms in total. The van der Waals surface area contributed by atoms with E-state index in [1.54, 1.807) is 0 Å². The summed E-state index contributed by atoms with van der Waals surface area (Å²) in [5.74, 6) is 0.619. The standard InChI is InChI=1S/C14H26O2/c1-13(2,3)10-7-9-8-11(14(4,5)6)16-12(9)15-10/h9-12H,7-8H2,1-6H3. The van der Waals surface area contributed by atoms with E-state index in [9.17, 15) is 0 Å². The van der Waals surface area contributed by atoms with Crippen molar-refractivity contribution < 1.29 is 9.47 Å². The topological polar surface area (TPSA) is 18.5 Å². The van der Waals surface area contributed by atoms with Crippen LogP contribution in [-0.2, 0) is 9.47 Å². The van der Waals surface area contributed by atoms with Gasteiger partial charge in [-0.25, -0.2) is 0 Å². The van der Waals surface area contributed by atoms with Gasteiger partial charge in [-0.05, 0) is 23.7 Å². The van der Waals surface area contributed by atoms with Gasteiger partial charge in [0.15, 0.2) is 6.29 Å². The van der Waals surface area contributed by atoms with Crippen LogP contribution in [-0.4, -0.2) is 18.5 Å². The quantitative estimate of drug-likeness (QED) is 0.628. The van der Waals surface area contributed by atoms with E-state index >= 15 is 0 Å². The van der Waals surface area contributed by atoms with Gasteiger partial charge in [-0.1, -0.05) is 41.5 Å². The van der Waals surface area contributed by atoms with Gasteiger partial charge in [-0.2, -0.15) is 0 Å². The van der Waals surface area contributed by atoms with Crippen LogP contribution in [0, 0.1) is 16.7 Å². The summed E-state index contributed by atoms with van der Waals surface area (Å²) in [6.45, 7) is 13.5. The monoisotopic (exact) mass is 226 g/mol. The van der Waals surface area contributed by atoms with Gasteiger partial charge < -0.3 is 9.47 Å². The number of ether oxygens (including phenoxy) is 2. The fourth-order valence-electron chi connectivity index (χ4n) is 2.67. The highest BCUT2D eigenvalue weighted by molar-refractivity contribution is 4.93.